The summed E-state index contributed by atoms with van der Waals surface area (Å²) in [4.78, 5) is 31.6. The maximum Gasteiger partial charge on any atom is 0.327 e. The van der Waals surface area contributed by atoms with Crippen molar-refractivity contribution in [2.75, 3.05) is 25.0 Å². The highest BCUT2D eigenvalue weighted by Gasteiger charge is 2.33. The molecule has 0 bridgehead atoms. The summed E-state index contributed by atoms with van der Waals surface area (Å²) >= 11 is 7.15. The monoisotopic (exact) mass is 532 g/mol. The SMILES string of the molecule is O=C(NC(=O)c1ccccc1Cl)Nc1nc2ccc(S(=O)(=O)C3CCN(CC4CC4)CC3)cc2s1. The van der Waals surface area contributed by atoms with Gasteiger partial charge in [-0.1, -0.05) is 35.1 Å². The number of carbonyl (C=O) groups excluding carboxylic acids is 2. The first-order valence-electron chi connectivity index (χ1n) is 11.5. The molecule has 3 amide bonds. The molecule has 2 aromatic carbocycles. The summed E-state index contributed by atoms with van der Waals surface area (Å²) in [6, 6.07) is 10.5. The zero-order valence-electron chi connectivity index (χ0n) is 18.9. The van der Waals surface area contributed by atoms with E-state index in [1.54, 1.807) is 36.4 Å². The maximum atomic E-state index is 13.3. The van der Waals surface area contributed by atoms with Crippen LogP contribution in [-0.4, -0.2) is 55.1 Å². The number of hydrogen-bond acceptors (Lipinski definition) is 7. The van der Waals surface area contributed by atoms with E-state index in [1.807, 2.05) is 0 Å². The van der Waals surface area contributed by atoms with Crippen LogP contribution in [0.1, 0.15) is 36.0 Å². The standard InChI is InChI=1S/C24H25ClN4O4S2/c25-19-4-2-1-3-18(19)22(30)27-23(31)28-24-26-20-8-7-17(13-21(20)34-24)35(32,33)16-9-11-29(12-10-16)14-15-5-6-15/h1-4,7-8,13,15-16H,5-6,9-12,14H2,(H2,26,27,28,30,31). The van der Waals surface area contributed by atoms with Crippen LogP contribution in [-0.2, 0) is 9.84 Å². The minimum atomic E-state index is -3.46. The second-order valence-electron chi connectivity index (χ2n) is 9.02. The van der Waals surface area contributed by atoms with Crippen molar-refractivity contribution >= 4 is 60.1 Å². The largest absolute Gasteiger partial charge is 0.327 e. The van der Waals surface area contributed by atoms with Crippen LogP contribution < -0.4 is 10.6 Å². The van der Waals surface area contributed by atoms with E-state index in [4.69, 9.17) is 11.6 Å². The molecule has 1 aliphatic heterocycles. The summed E-state index contributed by atoms with van der Waals surface area (Å²) in [5.74, 6) is 0.168. The van der Waals surface area contributed by atoms with Crippen LogP contribution in [0.3, 0.4) is 0 Å². The number of amides is 3. The molecule has 5 rings (SSSR count). The number of halogens is 1. The third-order valence-corrected chi connectivity index (χ3v) is 9.96. The first-order chi connectivity index (χ1) is 16.8. The van der Waals surface area contributed by atoms with Gasteiger partial charge in [0, 0.05) is 6.54 Å². The van der Waals surface area contributed by atoms with Gasteiger partial charge in [-0.15, -0.1) is 0 Å². The Labute approximate surface area is 212 Å². The van der Waals surface area contributed by atoms with Gasteiger partial charge in [-0.3, -0.25) is 15.4 Å². The number of likely N-dealkylation sites (tertiary alicyclic amines) is 1. The molecule has 0 unspecified atom stereocenters. The smallest absolute Gasteiger partial charge is 0.303 e. The van der Waals surface area contributed by atoms with Gasteiger partial charge < -0.3 is 4.90 Å². The zero-order chi connectivity index (χ0) is 24.6. The third kappa shape index (κ3) is 5.50. The fourth-order valence-electron chi connectivity index (χ4n) is 4.34. The van der Waals surface area contributed by atoms with E-state index < -0.39 is 21.8 Å². The number of nitrogens with zero attached hydrogens (tertiary/aromatic N) is 2. The Balaban J connectivity index is 1.24. The number of sulfone groups is 1. The Morgan fingerprint density at radius 3 is 2.54 bits per heavy atom. The molecular weight excluding hydrogens is 508 g/mol. The Hall–Kier alpha value is -2.53. The quantitative estimate of drug-likeness (QED) is 0.482. The number of thiazole rings is 1. The van der Waals surface area contributed by atoms with Crippen molar-refractivity contribution in [1.29, 1.82) is 0 Å². The van der Waals surface area contributed by atoms with E-state index >= 15 is 0 Å². The van der Waals surface area contributed by atoms with E-state index in [9.17, 15) is 18.0 Å². The molecular formula is C24H25ClN4O4S2. The molecule has 2 aliphatic rings. The molecule has 1 saturated carbocycles. The van der Waals surface area contributed by atoms with Crippen molar-refractivity contribution in [2.45, 2.75) is 35.8 Å². The van der Waals surface area contributed by atoms with Crippen molar-refractivity contribution in [1.82, 2.24) is 15.2 Å². The second kappa shape index (κ2) is 9.85. The van der Waals surface area contributed by atoms with Crippen molar-refractivity contribution in [3.05, 3.63) is 53.1 Å². The predicted octanol–water partition coefficient (Wildman–Crippen LogP) is 4.56. The number of aromatic nitrogens is 1. The third-order valence-electron chi connectivity index (χ3n) is 6.44. The second-order valence-corrected chi connectivity index (χ2v) is 12.7. The van der Waals surface area contributed by atoms with Gasteiger partial charge >= 0.3 is 6.03 Å². The highest BCUT2D eigenvalue weighted by molar-refractivity contribution is 7.92. The van der Waals surface area contributed by atoms with Crippen LogP contribution >= 0.6 is 22.9 Å². The summed E-state index contributed by atoms with van der Waals surface area (Å²) in [6.07, 6.45) is 3.87. The van der Waals surface area contributed by atoms with Crippen LogP contribution in [0.15, 0.2) is 47.4 Å². The van der Waals surface area contributed by atoms with E-state index in [0.29, 0.717) is 23.1 Å². The topological polar surface area (TPSA) is 108 Å². The lowest BCUT2D eigenvalue weighted by molar-refractivity contribution is 0.0967. The zero-order valence-corrected chi connectivity index (χ0v) is 21.3. The lowest BCUT2D eigenvalue weighted by Crippen LogP contribution is -2.40. The van der Waals surface area contributed by atoms with Crippen molar-refractivity contribution < 1.29 is 18.0 Å². The molecule has 2 fully saturated rings. The van der Waals surface area contributed by atoms with E-state index in [0.717, 1.165) is 36.9 Å². The molecule has 11 heteroatoms. The first kappa shape index (κ1) is 24.2. The average molecular weight is 533 g/mol. The van der Waals surface area contributed by atoms with Crippen LogP contribution in [0, 0.1) is 5.92 Å². The van der Waals surface area contributed by atoms with Gasteiger partial charge in [-0.05, 0) is 75.0 Å². The molecule has 0 radical (unpaired) electrons. The summed E-state index contributed by atoms with van der Waals surface area (Å²) in [6.45, 7) is 2.73. The number of nitrogens with one attached hydrogen (secondary N) is 2. The predicted molar refractivity (Wildman–Crippen MR) is 137 cm³/mol. The molecule has 1 aromatic heterocycles. The fourth-order valence-corrected chi connectivity index (χ4v) is 7.29. The normalized spacial score (nSPS) is 17.4. The number of rotatable bonds is 6. The fraction of sp³-hybridized carbons (Fsp3) is 0.375. The Bertz CT molecular complexity index is 1380. The van der Waals surface area contributed by atoms with E-state index in [2.05, 4.69) is 20.5 Å². The highest BCUT2D eigenvalue weighted by atomic mass is 35.5. The summed E-state index contributed by atoms with van der Waals surface area (Å²) < 4.78 is 27.2. The lowest BCUT2D eigenvalue weighted by atomic mass is 10.1. The van der Waals surface area contributed by atoms with Crippen LogP contribution in [0.5, 0.6) is 0 Å². The molecule has 2 N–H and O–H groups in total. The number of imide groups is 1. The number of fused-ring (bicyclic) bond motifs is 1. The number of piperidine rings is 1. The number of carbonyl (C=O) groups is 2. The molecule has 0 atom stereocenters. The van der Waals surface area contributed by atoms with E-state index in [-0.39, 0.29) is 25.9 Å². The van der Waals surface area contributed by atoms with Gasteiger partial charge in [0.2, 0.25) is 0 Å². The van der Waals surface area contributed by atoms with E-state index in [1.165, 1.54) is 18.9 Å². The number of anilines is 1. The Morgan fingerprint density at radius 1 is 1.09 bits per heavy atom. The van der Waals surface area contributed by atoms with Gasteiger partial charge in [0.15, 0.2) is 15.0 Å². The molecule has 1 aliphatic carbocycles. The molecule has 0 spiro atoms. The van der Waals surface area contributed by atoms with Gasteiger partial charge in [0.25, 0.3) is 5.91 Å². The van der Waals surface area contributed by atoms with Crippen LogP contribution in [0.25, 0.3) is 10.2 Å². The molecule has 1 saturated heterocycles. The Kier molecular flexibility index (Phi) is 6.80. The minimum absolute atomic E-state index is 0.182. The molecule has 8 nitrogen and oxygen atoms in total. The summed E-state index contributed by atoms with van der Waals surface area (Å²) in [5, 5.41) is 4.86. The van der Waals surface area contributed by atoms with Crippen LogP contribution in [0.4, 0.5) is 9.93 Å². The average Bonchev–Trinajstić information content (AvgIpc) is 3.55. The van der Waals surface area contributed by atoms with Crippen LogP contribution in [0.2, 0.25) is 5.02 Å². The van der Waals surface area contributed by atoms with Crippen molar-refractivity contribution in [2.24, 2.45) is 5.92 Å². The molecule has 184 valence electrons. The summed E-state index contributed by atoms with van der Waals surface area (Å²) in [7, 11) is -3.46. The summed E-state index contributed by atoms with van der Waals surface area (Å²) in [5.41, 5.74) is 0.753. The number of hydrogen-bond donors (Lipinski definition) is 2. The van der Waals surface area contributed by atoms with Gasteiger partial charge in [0.1, 0.15) is 0 Å². The maximum absolute atomic E-state index is 13.3. The Morgan fingerprint density at radius 2 is 1.83 bits per heavy atom. The first-order valence-corrected chi connectivity index (χ1v) is 14.3. The van der Waals surface area contributed by atoms with Crippen molar-refractivity contribution in [3.8, 4) is 0 Å². The molecule has 2 heterocycles. The number of urea groups is 1. The lowest BCUT2D eigenvalue weighted by Gasteiger charge is -2.31. The molecule has 3 aromatic rings. The van der Waals surface area contributed by atoms with Crippen molar-refractivity contribution in [3.63, 3.8) is 0 Å². The molecule has 35 heavy (non-hydrogen) atoms. The van der Waals surface area contributed by atoms with Gasteiger partial charge in [-0.2, -0.15) is 0 Å². The highest BCUT2D eigenvalue weighted by Crippen LogP contribution is 2.33. The van der Waals surface area contributed by atoms with Gasteiger partial charge in [0.05, 0.1) is 30.9 Å². The minimum Gasteiger partial charge on any atom is -0.303 e. The van der Waals surface area contributed by atoms with Gasteiger partial charge in [-0.25, -0.2) is 18.2 Å². The number of benzene rings is 2.